The topological polar surface area (TPSA) is 71.3 Å². The molecule has 0 saturated carbocycles. The van der Waals surface area contributed by atoms with Crippen LogP contribution in [0.2, 0.25) is 0 Å². The maximum absolute atomic E-state index is 14.0. The summed E-state index contributed by atoms with van der Waals surface area (Å²) >= 11 is 0. The van der Waals surface area contributed by atoms with Crippen molar-refractivity contribution >= 4 is 5.84 Å². The quantitative estimate of drug-likeness (QED) is 0.763. The highest BCUT2D eigenvalue weighted by atomic mass is 19.1. The van der Waals surface area contributed by atoms with Crippen LogP contribution in [0.4, 0.5) is 8.78 Å². The molecule has 0 radical (unpaired) electrons. The van der Waals surface area contributed by atoms with Crippen molar-refractivity contribution in [3.8, 4) is 6.07 Å². The highest BCUT2D eigenvalue weighted by Crippen LogP contribution is 2.28. The Labute approximate surface area is 193 Å². The molecule has 1 fully saturated rings. The number of H-pyrrole nitrogens is 1. The fourth-order valence-electron chi connectivity index (χ4n) is 4.79. The number of halogens is 2. The van der Waals surface area contributed by atoms with E-state index in [-0.39, 0.29) is 24.1 Å². The molecule has 1 N–H and O–H groups in total. The predicted molar refractivity (Wildman–Crippen MR) is 124 cm³/mol. The molecule has 6 nitrogen and oxygen atoms in total. The van der Waals surface area contributed by atoms with Crippen molar-refractivity contribution in [1.29, 1.82) is 5.26 Å². The Bertz CT molecular complexity index is 1040. The Balaban J connectivity index is 1.42. The van der Waals surface area contributed by atoms with Gasteiger partial charge in [-0.05, 0) is 49.8 Å². The van der Waals surface area contributed by atoms with E-state index in [1.807, 2.05) is 0 Å². The Morgan fingerprint density at radius 3 is 2.58 bits per heavy atom. The van der Waals surface area contributed by atoms with Crippen LogP contribution < -0.4 is 0 Å². The minimum absolute atomic E-state index is 0.0836. The van der Waals surface area contributed by atoms with Gasteiger partial charge in [0.1, 0.15) is 23.5 Å². The number of benzene rings is 1. The zero-order valence-electron chi connectivity index (χ0n) is 19.1. The third-order valence-electron chi connectivity index (χ3n) is 6.88. The van der Waals surface area contributed by atoms with Gasteiger partial charge in [0.15, 0.2) is 0 Å². The lowest BCUT2D eigenvalue weighted by Gasteiger charge is -2.37. The molecule has 174 valence electrons. The van der Waals surface area contributed by atoms with Gasteiger partial charge in [-0.2, -0.15) is 10.4 Å². The summed E-state index contributed by atoms with van der Waals surface area (Å²) in [6.45, 7) is 7.59. The van der Waals surface area contributed by atoms with Gasteiger partial charge in [0.2, 0.25) is 0 Å². The largest absolute Gasteiger partial charge is 0.354 e. The van der Waals surface area contributed by atoms with E-state index in [1.54, 1.807) is 6.20 Å². The van der Waals surface area contributed by atoms with Crippen molar-refractivity contribution in [3.63, 3.8) is 0 Å². The number of allylic oxidation sites excluding steroid dienone is 1. The third-order valence-corrected chi connectivity index (χ3v) is 6.88. The molecule has 1 aromatic heterocycles. The number of nitriles is 1. The summed E-state index contributed by atoms with van der Waals surface area (Å²) in [6, 6.07) is 6.31. The van der Waals surface area contributed by atoms with Crippen LogP contribution >= 0.6 is 0 Å². The molecule has 1 saturated heterocycles. The second-order valence-corrected chi connectivity index (χ2v) is 9.05. The molecule has 33 heavy (non-hydrogen) atoms. The molecule has 1 aromatic carbocycles. The van der Waals surface area contributed by atoms with Crippen molar-refractivity contribution in [2.75, 3.05) is 26.2 Å². The van der Waals surface area contributed by atoms with Gasteiger partial charge >= 0.3 is 0 Å². The van der Waals surface area contributed by atoms with E-state index >= 15 is 0 Å². The average Bonchev–Trinajstić information content (AvgIpc) is 3.26. The number of rotatable bonds is 4. The maximum Gasteiger partial charge on any atom is 0.130 e. The molecule has 8 heteroatoms. The molecular weight excluding hydrogens is 422 g/mol. The first-order valence-electron chi connectivity index (χ1n) is 11.5. The number of hydrogen-bond donors (Lipinski definition) is 1. The van der Waals surface area contributed by atoms with Gasteiger partial charge in [-0.1, -0.05) is 19.1 Å². The summed E-state index contributed by atoms with van der Waals surface area (Å²) < 4.78 is 28.0. The van der Waals surface area contributed by atoms with Gasteiger partial charge in [-0.25, -0.2) is 8.78 Å². The van der Waals surface area contributed by atoms with Crippen LogP contribution in [0.3, 0.4) is 0 Å². The van der Waals surface area contributed by atoms with Crippen LogP contribution in [-0.2, 0) is 13.0 Å². The fourth-order valence-corrected chi connectivity index (χ4v) is 4.79. The van der Waals surface area contributed by atoms with Crippen molar-refractivity contribution in [2.24, 2.45) is 16.8 Å². The lowest BCUT2D eigenvalue weighted by Crippen LogP contribution is -2.48. The highest BCUT2D eigenvalue weighted by molar-refractivity contribution is 5.93. The van der Waals surface area contributed by atoms with Crippen LogP contribution in [0.5, 0.6) is 0 Å². The molecule has 2 aliphatic heterocycles. The molecule has 2 aliphatic rings. The summed E-state index contributed by atoms with van der Waals surface area (Å²) in [4.78, 5) is 9.40. The minimum Gasteiger partial charge on any atom is -0.354 e. The van der Waals surface area contributed by atoms with E-state index in [1.165, 1.54) is 18.2 Å². The lowest BCUT2D eigenvalue weighted by atomic mass is 9.81. The number of hydrogen-bond acceptors (Lipinski definition) is 5. The Kier molecular flexibility index (Phi) is 7.19. The first kappa shape index (κ1) is 23.1. The number of aromatic nitrogens is 2. The normalized spacial score (nSPS) is 25.1. The van der Waals surface area contributed by atoms with E-state index in [0.717, 1.165) is 37.5 Å². The summed E-state index contributed by atoms with van der Waals surface area (Å²) in [5, 5.41) is 16.3. The van der Waals surface area contributed by atoms with Gasteiger partial charge in [-0.15, -0.1) is 0 Å². The standard InChI is InChI=1S/C25H30F2N6/c1-17-5-3-8-25(30-18(2)20(17)13-24-19(14-28)15-29-31-24)33-11-9-32(10-12-33)16-21-22(26)6-4-7-23(21)27/h3-4,6-8,15,17-18,20H,5,9-13,16H2,1-2H3,(H,29,31)/b8-3-,30-25?/t17?,18?,20-/m0/s1. The Hall–Kier alpha value is -3.05. The summed E-state index contributed by atoms with van der Waals surface area (Å²) in [7, 11) is 0. The van der Waals surface area contributed by atoms with Crippen molar-refractivity contribution < 1.29 is 8.78 Å². The number of aliphatic imine (C=N–C) groups is 1. The van der Waals surface area contributed by atoms with Gasteiger partial charge < -0.3 is 4.90 Å². The Morgan fingerprint density at radius 1 is 1.15 bits per heavy atom. The van der Waals surface area contributed by atoms with E-state index in [2.05, 4.69) is 52.1 Å². The molecular formula is C25H30F2N6. The monoisotopic (exact) mass is 452 g/mol. The Morgan fingerprint density at radius 2 is 1.88 bits per heavy atom. The minimum atomic E-state index is -0.490. The maximum atomic E-state index is 14.0. The van der Waals surface area contributed by atoms with Gasteiger partial charge in [-0.3, -0.25) is 15.0 Å². The van der Waals surface area contributed by atoms with Crippen molar-refractivity contribution in [1.82, 2.24) is 20.0 Å². The van der Waals surface area contributed by atoms with Gasteiger partial charge in [0, 0.05) is 38.3 Å². The fraction of sp³-hybridized carbons (Fsp3) is 0.480. The molecule has 3 atom stereocenters. The molecule has 2 unspecified atom stereocenters. The van der Waals surface area contributed by atoms with Crippen LogP contribution in [0.25, 0.3) is 0 Å². The second kappa shape index (κ2) is 10.3. The number of amidine groups is 1. The SMILES string of the molecule is CC1C/C=C\C(N2CCN(Cc3c(F)cccc3F)CC2)=NC(C)[C@H]1Cc1[nH]ncc1C#N. The summed E-state index contributed by atoms with van der Waals surface area (Å²) in [5.41, 5.74) is 1.60. The zero-order valence-corrected chi connectivity index (χ0v) is 19.1. The van der Waals surface area contributed by atoms with Crippen LogP contribution in [-0.4, -0.2) is 58.1 Å². The third kappa shape index (κ3) is 5.31. The highest BCUT2D eigenvalue weighted by Gasteiger charge is 2.28. The zero-order chi connectivity index (χ0) is 23.4. The number of aromatic amines is 1. The number of nitrogens with zero attached hydrogens (tertiary/aromatic N) is 5. The number of nitrogens with one attached hydrogen (secondary N) is 1. The van der Waals surface area contributed by atoms with E-state index in [4.69, 9.17) is 4.99 Å². The van der Waals surface area contributed by atoms with Crippen molar-refractivity contribution in [2.45, 2.75) is 39.3 Å². The van der Waals surface area contributed by atoms with E-state index < -0.39 is 11.6 Å². The summed E-state index contributed by atoms with van der Waals surface area (Å²) in [5.74, 6) is 0.680. The predicted octanol–water partition coefficient (Wildman–Crippen LogP) is 3.92. The molecule has 0 bridgehead atoms. The van der Waals surface area contributed by atoms with Gasteiger partial charge in [0.25, 0.3) is 0 Å². The van der Waals surface area contributed by atoms with Crippen LogP contribution in [0, 0.1) is 34.8 Å². The molecule has 2 aromatic rings. The molecule has 3 heterocycles. The molecule has 0 spiro atoms. The molecule has 4 rings (SSSR count). The lowest BCUT2D eigenvalue weighted by molar-refractivity contribution is 0.171. The van der Waals surface area contributed by atoms with Gasteiger partial charge in [0.05, 0.1) is 23.5 Å². The average molecular weight is 453 g/mol. The first-order valence-corrected chi connectivity index (χ1v) is 11.5. The first-order chi connectivity index (χ1) is 16.0. The van der Waals surface area contributed by atoms with Crippen molar-refractivity contribution in [3.05, 3.63) is 65.0 Å². The van der Waals surface area contributed by atoms with E-state index in [0.29, 0.717) is 24.6 Å². The van der Waals surface area contributed by atoms with Crippen LogP contribution in [0.1, 0.15) is 37.1 Å². The molecule has 0 amide bonds. The summed E-state index contributed by atoms with van der Waals surface area (Å²) in [6.07, 6.45) is 7.54. The van der Waals surface area contributed by atoms with E-state index in [9.17, 15) is 14.0 Å². The smallest absolute Gasteiger partial charge is 0.130 e. The number of piperazine rings is 1. The molecule has 0 aliphatic carbocycles. The second-order valence-electron chi connectivity index (χ2n) is 9.05. The van der Waals surface area contributed by atoms with Crippen LogP contribution in [0.15, 0.2) is 41.5 Å².